The van der Waals surface area contributed by atoms with E-state index in [9.17, 15) is 5.11 Å². The zero-order chi connectivity index (χ0) is 20.7. The summed E-state index contributed by atoms with van der Waals surface area (Å²) in [5.41, 5.74) is 2.36. The van der Waals surface area contributed by atoms with Crippen LogP contribution in [0.2, 0.25) is 0 Å². The summed E-state index contributed by atoms with van der Waals surface area (Å²) >= 11 is 1.67. The molecular weight excluding hydrogens is 394 g/mol. The van der Waals surface area contributed by atoms with Crippen LogP contribution in [-0.2, 0) is 7.05 Å². The Morgan fingerprint density at radius 1 is 1.20 bits per heavy atom. The first-order chi connectivity index (χ1) is 14.6. The van der Waals surface area contributed by atoms with E-state index in [0.717, 1.165) is 53.6 Å². The van der Waals surface area contributed by atoms with Crippen LogP contribution in [0.5, 0.6) is 0 Å². The summed E-state index contributed by atoms with van der Waals surface area (Å²) in [6.07, 6.45) is 5.04. The molecule has 0 radical (unpaired) electrons. The number of thiophene rings is 1. The average Bonchev–Trinajstić information content (AvgIpc) is 3.39. The topological polar surface area (TPSA) is 67.1 Å². The van der Waals surface area contributed by atoms with Crippen LogP contribution in [0.1, 0.15) is 30.6 Å². The number of imidazole rings is 1. The molecule has 5 rings (SSSR count). The van der Waals surface area contributed by atoms with Crippen molar-refractivity contribution >= 4 is 27.4 Å². The van der Waals surface area contributed by atoms with Gasteiger partial charge >= 0.3 is 0 Å². The quantitative estimate of drug-likeness (QED) is 0.533. The number of nitrogens with zero attached hydrogens (tertiary/aromatic N) is 5. The molecule has 2 atom stereocenters. The Kier molecular flexibility index (Phi) is 5.00. The number of aryl methyl sites for hydroxylation is 2. The molecule has 0 saturated carbocycles. The molecule has 1 aromatic carbocycles. The lowest BCUT2D eigenvalue weighted by Crippen LogP contribution is -2.39. The maximum Gasteiger partial charge on any atom is 0.141 e. The number of aliphatic hydroxyl groups excluding tert-OH is 1. The highest BCUT2D eigenvalue weighted by Crippen LogP contribution is 2.40. The molecule has 0 aliphatic carbocycles. The van der Waals surface area contributed by atoms with Crippen molar-refractivity contribution in [2.75, 3.05) is 18.0 Å². The van der Waals surface area contributed by atoms with Gasteiger partial charge in [-0.05, 0) is 25.3 Å². The molecule has 154 valence electrons. The van der Waals surface area contributed by atoms with Gasteiger partial charge in [0.15, 0.2) is 0 Å². The zero-order valence-electron chi connectivity index (χ0n) is 17.2. The Labute approximate surface area is 179 Å². The number of hydrogen-bond acceptors (Lipinski definition) is 6. The summed E-state index contributed by atoms with van der Waals surface area (Å²) in [5.74, 6) is 2.61. The Morgan fingerprint density at radius 3 is 2.80 bits per heavy atom. The molecular formula is C23H25N5OS. The predicted octanol–water partition coefficient (Wildman–Crippen LogP) is 4.35. The van der Waals surface area contributed by atoms with Gasteiger partial charge in [0.05, 0.1) is 5.39 Å². The highest BCUT2D eigenvalue weighted by molar-refractivity contribution is 7.17. The van der Waals surface area contributed by atoms with E-state index in [1.165, 1.54) is 11.1 Å². The van der Waals surface area contributed by atoms with Crippen molar-refractivity contribution in [2.24, 2.45) is 13.0 Å². The summed E-state index contributed by atoms with van der Waals surface area (Å²) in [7, 11) is 1.93. The van der Waals surface area contributed by atoms with Gasteiger partial charge < -0.3 is 14.6 Å². The summed E-state index contributed by atoms with van der Waals surface area (Å²) in [6.45, 7) is 3.64. The molecule has 0 amide bonds. The fourth-order valence-electron chi connectivity index (χ4n) is 4.42. The first-order valence-corrected chi connectivity index (χ1v) is 11.2. The molecule has 1 N–H and O–H groups in total. The minimum absolute atomic E-state index is 0.115. The SMILES string of the molecule is Cc1nc(N2CCCC(C(O)c3nccn3C)C2)c2c(-c3ccccc3)csc2n1. The summed E-state index contributed by atoms with van der Waals surface area (Å²) in [6, 6.07) is 10.4. The fraction of sp³-hybridized carbons (Fsp3) is 0.348. The van der Waals surface area contributed by atoms with Gasteiger partial charge in [0.1, 0.15) is 28.4 Å². The van der Waals surface area contributed by atoms with Crippen molar-refractivity contribution in [2.45, 2.75) is 25.9 Å². The van der Waals surface area contributed by atoms with Gasteiger partial charge in [-0.1, -0.05) is 30.3 Å². The van der Waals surface area contributed by atoms with Crippen LogP contribution in [-0.4, -0.2) is 37.7 Å². The lowest BCUT2D eigenvalue weighted by atomic mass is 9.91. The molecule has 1 saturated heterocycles. The van der Waals surface area contributed by atoms with E-state index < -0.39 is 6.10 Å². The summed E-state index contributed by atoms with van der Waals surface area (Å²) < 4.78 is 1.91. The van der Waals surface area contributed by atoms with E-state index in [2.05, 4.69) is 39.5 Å². The molecule has 4 heterocycles. The van der Waals surface area contributed by atoms with Crippen LogP contribution in [0.15, 0.2) is 48.1 Å². The lowest BCUT2D eigenvalue weighted by Gasteiger charge is -2.36. The van der Waals surface area contributed by atoms with E-state index >= 15 is 0 Å². The maximum atomic E-state index is 11.0. The number of piperidine rings is 1. The normalized spacial score (nSPS) is 18.1. The van der Waals surface area contributed by atoms with Crippen LogP contribution in [0.4, 0.5) is 5.82 Å². The van der Waals surface area contributed by atoms with Crippen molar-refractivity contribution < 1.29 is 5.11 Å². The summed E-state index contributed by atoms with van der Waals surface area (Å²) in [4.78, 5) is 17.3. The average molecular weight is 420 g/mol. The molecule has 0 spiro atoms. The van der Waals surface area contributed by atoms with Gasteiger partial charge in [-0.25, -0.2) is 15.0 Å². The van der Waals surface area contributed by atoms with Gasteiger partial charge in [-0.3, -0.25) is 0 Å². The van der Waals surface area contributed by atoms with Crippen LogP contribution < -0.4 is 4.90 Å². The molecule has 2 unspecified atom stereocenters. The smallest absolute Gasteiger partial charge is 0.141 e. The Bertz CT molecular complexity index is 1170. The molecule has 7 heteroatoms. The monoisotopic (exact) mass is 419 g/mol. The first-order valence-electron chi connectivity index (χ1n) is 10.3. The molecule has 0 bridgehead atoms. The first kappa shape index (κ1) is 19.2. The molecule has 1 aliphatic rings. The lowest BCUT2D eigenvalue weighted by molar-refractivity contribution is 0.0874. The van der Waals surface area contributed by atoms with Crippen LogP contribution in [0, 0.1) is 12.8 Å². The Hall–Kier alpha value is -2.77. The van der Waals surface area contributed by atoms with Crippen LogP contribution in [0.25, 0.3) is 21.3 Å². The van der Waals surface area contributed by atoms with E-state index in [1.54, 1.807) is 17.5 Å². The van der Waals surface area contributed by atoms with Crippen molar-refractivity contribution in [1.29, 1.82) is 0 Å². The van der Waals surface area contributed by atoms with Crippen molar-refractivity contribution in [3.63, 3.8) is 0 Å². The third-order valence-electron chi connectivity index (χ3n) is 5.94. The Balaban J connectivity index is 1.54. The zero-order valence-corrected chi connectivity index (χ0v) is 18.0. The second-order valence-electron chi connectivity index (χ2n) is 7.98. The highest BCUT2D eigenvalue weighted by atomic mass is 32.1. The fourth-order valence-corrected chi connectivity index (χ4v) is 5.41. The van der Waals surface area contributed by atoms with E-state index in [4.69, 9.17) is 9.97 Å². The molecule has 1 aliphatic heterocycles. The second kappa shape index (κ2) is 7.81. The molecule has 1 fully saturated rings. The Morgan fingerprint density at radius 2 is 2.03 bits per heavy atom. The third-order valence-corrected chi connectivity index (χ3v) is 6.81. The number of benzene rings is 1. The van der Waals surface area contributed by atoms with Crippen LogP contribution >= 0.6 is 11.3 Å². The van der Waals surface area contributed by atoms with Gasteiger partial charge in [-0.15, -0.1) is 11.3 Å². The predicted molar refractivity (Wildman–Crippen MR) is 121 cm³/mol. The third kappa shape index (κ3) is 3.38. The van der Waals surface area contributed by atoms with Crippen LogP contribution in [0.3, 0.4) is 0 Å². The second-order valence-corrected chi connectivity index (χ2v) is 8.84. The van der Waals surface area contributed by atoms with Gasteiger partial charge in [0, 0.05) is 49.4 Å². The number of aromatic nitrogens is 4. The molecule has 3 aromatic heterocycles. The van der Waals surface area contributed by atoms with Crippen molar-refractivity contribution in [3.05, 3.63) is 59.8 Å². The minimum atomic E-state index is -0.581. The van der Waals surface area contributed by atoms with Gasteiger partial charge in [0.25, 0.3) is 0 Å². The largest absolute Gasteiger partial charge is 0.385 e. The highest BCUT2D eigenvalue weighted by Gasteiger charge is 2.31. The minimum Gasteiger partial charge on any atom is -0.385 e. The number of hydrogen-bond donors (Lipinski definition) is 1. The van der Waals surface area contributed by atoms with E-state index in [1.807, 2.05) is 30.8 Å². The van der Waals surface area contributed by atoms with Gasteiger partial charge in [0.2, 0.25) is 0 Å². The maximum absolute atomic E-state index is 11.0. The number of fused-ring (bicyclic) bond motifs is 1. The van der Waals surface area contributed by atoms with Gasteiger partial charge in [-0.2, -0.15) is 0 Å². The molecule has 4 aromatic rings. The summed E-state index contributed by atoms with van der Waals surface area (Å²) in [5, 5.41) is 14.3. The van der Waals surface area contributed by atoms with E-state index in [0.29, 0.717) is 0 Å². The van der Waals surface area contributed by atoms with E-state index in [-0.39, 0.29) is 5.92 Å². The van der Waals surface area contributed by atoms with Crippen molar-refractivity contribution in [1.82, 2.24) is 19.5 Å². The molecule has 30 heavy (non-hydrogen) atoms. The standard InChI is InChI=1S/C23H25N5OS/c1-15-25-21(19-18(14-30-23(19)26-15)16-7-4-3-5-8-16)28-11-6-9-17(13-28)20(29)22-24-10-12-27(22)2/h3-5,7-8,10,12,14,17,20,29H,6,9,11,13H2,1-2H3. The number of rotatable bonds is 4. The van der Waals surface area contributed by atoms with Crippen molar-refractivity contribution in [3.8, 4) is 11.1 Å². The number of aliphatic hydroxyl groups is 1. The number of anilines is 1. The molecule has 6 nitrogen and oxygen atoms in total.